The van der Waals surface area contributed by atoms with Crippen LogP contribution in [0, 0.1) is 0 Å². The zero-order chi connectivity index (χ0) is 14.1. The van der Waals surface area contributed by atoms with Crippen LogP contribution in [-0.4, -0.2) is 45.2 Å². The highest BCUT2D eigenvalue weighted by atomic mass is 16.5. The summed E-state index contributed by atoms with van der Waals surface area (Å²) in [5.74, 6) is 0.917. The molecule has 1 aromatic carbocycles. The molecule has 0 amide bonds. The van der Waals surface area contributed by atoms with E-state index in [1.165, 1.54) is 0 Å². The predicted octanol–water partition coefficient (Wildman–Crippen LogP) is 2.64. The van der Waals surface area contributed by atoms with Crippen LogP contribution in [0.4, 0.5) is 0 Å². The monoisotopic (exact) mass is 262 g/mol. The van der Waals surface area contributed by atoms with Crippen molar-refractivity contribution in [2.45, 2.75) is 19.4 Å². The van der Waals surface area contributed by atoms with Crippen LogP contribution in [0.5, 0.6) is 5.75 Å². The highest BCUT2D eigenvalue weighted by Crippen LogP contribution is 2.18. The second-order valence-corrected chi connectivity index (χ2v) is 4.95. The first-order valence-electron chi connectivity index (χ1n) is 6.82. The molecule has 0 saturated carbocycles. The number of methoxy groups -OCH3 is 1. The van der Waals surface area contributed by atoms with Crippen LogP contribution in [0.25, 0.3) is 6.08 Å². The third-order valence-electron chi connectivity index (χ3n) is 3.32. The molecule has 0 radical (unpaired) electrons. The second kappa shape index (κ2) is 8.73. The zero-order valence-corrected chi connectivity index (χ0v) is 12.5. The number of nitrogens with zero attached hydrogens (tertiary/aromatic N) is 1. The third-order valence-corrected chi connectivity index (χ3v) is 3.32. The van der Waals surface area contributed by atoms with Gasteiger partial charge in [0.15, 0.2) is 0 Å². The molecule has 0 spiro atoms. The molecule has 0 bridgehead atoms. The van der Waals surface area contributed by atoms with Crippen molar-refractivity contribution in [3.8, 4) is 5.75 Å². The van der Waals surface area contributed by atoms with Crippen molar-refractivity contribution < 1.29 is 4.74 Å². The molecule has 3 heteroatoms. The number of rotatable bonds is 8. The maximum absolute atomic E-state index is 5.30. The van der Waals surface area contributed by atoms with Crippen molar-refractivity contribution in [2.75, 3.05) is 34.3 Å². The Morgan fingerprint density at radius 1 is 1.32 bits per heavy atom. The molecule has 0 fully saturated rings. The van der Waals surface area contributed by atoms with Crippen LogP contribution in [0.1, 0.15) is 18.9 Å². The molecule has 0 aliphatic carbocycles. The Hall–Kier alpha value is -1.32. The van der Waals surface area contributed by atoms with Crippen molar-refractivity contribution in [1.82, 2.24) is 10.2 Å². The fourth-order valence-electron chi connectivity index (χ4n) is 1.74. The van der Waals surface area contributed by atoms with Crippen LogP contribution >= 0.6 is 0 Å². The van der Waals surface area contributed by atoms with E-state index in [9.17, 15) is 0 Å². The molecule has 19 heavy (non-hydrogen) atoms. The van der Waals surface area contributed by atoms with Gasteiger partial charge in [0.05, 0.1) is 7.11 Å². The molecule has 1 unspecified atom stereocenters. The van der Waals surface area contributed by atoms with Crippen LogP contribution in [0.15, 0.2) is 30.3 Å². The van der Waals surface area contributed by atoms with Gasteiger partial charge in [-0.15, -0.1) is 0 Å². The van der Waals surface area contributed by atoms with E-state index < -0.39 is 0 Å². The van der Waals surface area contributed by atoms with Gasteiger partial charge in [-0.2, -0.15) is 0 Å². The average Bonchev–Trinajstić information content (AvgIpc) is 2.42. The van der Waals surface area contributed by atoms with E-state index in [4.69, 9.17) is 4.74 Å². The Balaban J connectivity index is 2.27. The van der Waals surface area contributed by atoms with Crippen molar-refractivity contribution in [3.05, 3.63) is 35.9 Å². The minimum atomic E-state index is 0.616. The topological polar surface area (TPSA) is 24.5 Å². The molecule has 1 rings (SSSR count). The third kappa shape index (κ3) is 5.90. The second-order valence-electron chi connectivity index (χ2n) is 4.95. The molecule has 0 saturated heterocycles. The lowest BCUT2D eigenvalue weighted by atomic mass is 10.2. The maximum atomic E-state index is 5.30. The summed E-state index contributed by atoms with van der Waals surface area (Å²) < 4.78 is 5.30. The molecule has 1 N–H and O–H groups in total. The summed E-state index contributed by atoms with van der Waals surface area (Å²) in [5.41, 5.74) is 1.12. The van der Waals surface area contributed by atoms with Gasteiger partial charge in [0.25, 0.3) is 0 Å². The van der Waals surface area contributed by atoms with E-state index in [0.29, 0.717) is 6.04 Å². The van der Waals surface area contributed by atoms with Gasteiger partial charge < -0.3 is 15.0 Å². The van der Waals surface area contributed by atoms with E-state index >= 15 is 0 Å². The maximum Gasteiger partial charge on any atom is 0.126 e. The molecule has 0 aromatic heterocycles. The normalized spacial score (nSPS) is 13.1. The fraction of sp³-hybridized carbons (Fsp3) is 0.500. The van der Waals surface area contributed by atoms with E-state index in [-0.39, 0.29) is 0 Å². The summed E-state index contributed by atoms with van der Waals surface area (Å²) in [5, 5.41) is 3.42. The van der Waals surface area contributed by atoms with Crippen LogP contribution < -0.4 is 10.1 Å². The number of hydrogen-bond donors (Lipinski definition) is 1. The molecular formula is C16H26N2O. The molecule has 0 heterocycles. The molecule has 0 aliphatic rings. The van der Waals surface area contributed by atoms with E-state index in [1.54, 1.807) is 7.11 Å². The van der Waals surface area contributed by atoms with Crippen molar-refractivity contribution in [1.29, 1.82) is 0 Å². The minimum absolute atomic E-state index is 0.616. The molecule has 0 aliphatic heterocycles. The Kier molecular flexibility index (Phi) is 7.23. The van der Waals surface area contributed by atoms with Gasteiger partial charge in [-0.1, -0.05) is 30.4 Å². The number of nitrogens with one attached hydrogen (secondary N) is 1. The van der Waals surface area contributed by atoms with Crippen molar-refractivity contribution in [3.63, 3.8) is 0 Å². The van der Waals surface area contributed by atoms with Crippen LogP contribution in [0.3, 0.4) is 0 Å². The Morgan fingerprint density at radius 3 is 2.74 bits per heavy atom. The number of benzene rings is 1. The number of ether oxygens (including phenoxy) is 1. The first kappa shape index (κ1) is 15.7. The van der Waals surface area contributed by atoms with Gasteiger partial charge >= 0.3 is 0 Å². The largest absolute Gasteiger partial charge is 0.496 e. The van der Waals surface area contributed by atoms with Gasteiger partial charge in [0.1, 0.15) is 5.75 Å². The zero-order valence-electron chi connectivity index (χ0n) is 12.5. The Morgan fingerprint density at radius 2 is 2.05 bits per heavy atom. The summed E-state index contributed by atoms with van der Waals surface area (Å²) in [6, 6.07) is 8.66. The van der Waals surface area contributed by atoms with Gasteiger partial charge in [0, 0.05) is 18.2 Å². The standard InChI is InChI=1S/C16H26N2O/c1-14(18(2)3)11-13-17-12-7-9-15-8-5-6-10-16(15)19-4/h5-10,14,17H,11-13H2,1-4H3. The van der Waals surface area contributed by atoms with Crippen LogP contribution in [0.2, 0.25) is 0 Å². The van der Waals surface area contributed by atoms with Crippen molar-refractivity contribution >= 4 is 6.08 Å². The number of hydrogen-bond acceptors (Lipinski definition) is 3. The fourth-order valence-corrected chi connectivity index (χ4v) is 1.74. The Bertz CT molecular complexity index is 388. The lowest BCUT2D eigenvalue weighted by Crippen LogP contribution is -2.29. The lowest BCUT2D eigenvalue weighted by molar-refractivity contribution is 0.297. The van der Waals surface area contributed by atoms with Gasteiger partial charge in [-0.05, 0) is 40.1 Å². The SMILES string of the molecule is COc1ccccc1C=CCNCCC(C)N(C)C. The van der Waals surface area contributed by atoms with E-state index in [1.807, 2.05) is 18.2 Å². The molecule has 3 nitrogen and oxygen atoms in total. The summed E-state index contributed by atoms with van der Waals surface area (Å²) in [7, 11) is 5.94. The first-order valence-corrected chi connectivity index (χ1v) is 6.82. The van der Waals surface area contributed by atoms with Crippen LogP contribution in [-0.2, 0) is 0 Å². The number of para-hydroxylation sites is 1. The highest BCUT2D eigenvalue weighted by molar-refractivity contribution is 5.57. The minimum Gasteiger partial charge on any atom is -0.496 e. The molecular weight excluding hydrogens is 236 g/mol. The molecule has 1 atom stereocenters. The average molecular weight is 262 g/mol. The lowest BCUT2D eigenvalue weighted by Gasteiger charge is -2.19. The van der Waals surface area contributed by atoms with Crippen molar-refractivity contribution in [2.24, 2.45) is 0 Å². The molecule has 1 aromatic rings. The first-order chi connectivity index (χ1) is 9.15. The van der Waals surface area contributed by atoms with Gasteiger partial charge in [-0.3, -0.25) is 0 Å². The smallest absolute Gasteiger partial charge is 0.126 e. The molecule has 106 valence electrons. The summed E-state index contributed by atoms with van der Waals surface area (Å²) in [6.45, 7) is 4.17. The summed E-state index contributed by atoms with van der Waals surface area (Å²) in [4.78, 5) is 2.24. The predicted molar refractivity (Wildman–Crippen MR) is 82.7 cm³/mol. The quantitative estimate of drug-likeness (QED) is 0.729. The Labute approximate surface area is 117 Å². The van der Waals surface area contributed by atoms with E-state index in [2.05, 4.69) is 49.5 Å². The summed E-state index contributed by atoms with van der Waals surface area (Å²) >= 11 is 0. The highest BCUT2D eigenvalue weighted by Gasteiger charge is 2.02. The summed E-state index contributed by atoms with van der Waals surface area (Å²) in [6.07, 6.45) is 5.40. The van der Waals surface area contributed by atoms with E-state index in [0.717, 1.165) is 30.8 Å². The van der Waals surface area contributed by atoms with Gasteiger partial charge in [0.2, 0.25) is 0 Å². The van der Waals surface area contributed by atoms with Gasteiger partial charge in [-0.25, -0.2) is 0 Å².